The van der Waals surface area contributed by atoms with E-state index >= 15 is 0 Å². The summed E-state index contributed by atoms with van der Waals surface area (Å²) in [6.07, 6.45) is 2.63. The second-order valence-electron chi connectivity index (χ2n) is 6.22. The van der Waals surface area contributed by atoms with Gasteiger partial charge in [-0.25, -0.2) is 4.79 Å². The Hall–Kier alpha value is 0.150. The van der Waals surface area contributed by atoms with E-state index in [-0.39, 0.29) is 22.4 Å². The highest BCUT2D eigenvalue weighted by atomic mass is 79.9. The van der Waals surface area contributed by atoms with E-state index in [4.69, 9.17) is 32.7 Å². The van der Waals surface area contributed by atoms with Crippen molar-refractivity contribution in [2.24, 2.45) is 0 Å². The summed E-state index contributed by atoms with van der Waals surface area (Å²) in [5, 5.41) is 9.76. The molecule has 2 saturated heterocycles. The number of aliphatic hydroxyl groups excluding tert-OH is 1. The summed E-state index contributed by atoms with van der Waals surface area (Å²) in [6.45, 7) is 1.76. The van der Waals surface area contributed by atoms with Crippen LogP contribution in [0.2, 0.25) is 0 Å². The zero-order valence-electron chi connectivity index (χ0n) is 13.6. The van der Waals surface area contributed by atoms with Gasteiger partial charge < -0.3 is 19.3 Å². The van der Waals surface area contributed by atoms with E-state index in [0.717, 1.165) is 0 Å². The van der Waals surface area contributed by atoms with Gasteiger partial charge in [0.25, 0.3) is 0 Å². The highest BCUT2D eigenvalue weighted by Gasteiger charge is 2.41. The summed E-state index contributed by atoms with van der Waals surface area (Å²) < 4.78 is 16.6. The van der Waals surface area contributed by atoms with Crippen molar-refractivity contribution in [1.29, 1.82) is 0 Å². The van der Waals surface area contributed by atoms with Crippen LogP contribution in [0.15, 0.2) is 12.2 Å². The van der Waals surface area contributed by atoms with Crippen LogP contribution in [0.3, 0.4) is 0 Å². The number of hydrogen-bond donors (Lipinski definition) is 1. The molecule has 2 bridgehead atoms. The Labute approximate surface area is 160 Å². The van der Waals surface area contributed by atoms with Crippen molar-refractivity contribution < 1.29 is 24.1 Å². The van der Waals surface area contributed by atoms with Gasteiger partial charge in [0.15, 0.2) is 0 Å². The molecule has 0 aromatic carbocycles. The van der Waals surface area contributed by atoms with Crippen LogP contribution in [0.1, 0.15) is 26.2 Å². The van der Waals surface area contributed by atoms with E-state index in [9.17, 15) is 9.90 Å². The maximum absolute atomic E-state index is 11.4. The largest absolute Gasteiger partial charge is 0.466 e. The summed E-state index contributed by atoms with van der Waals surface area (Å²) >= 11 is 16.4. The average Bonchev–Trinajstić information content (AvgIpc) is 2.91. The van der Waals surface area contributed by atoms with Gasteiger partial charge in [-0.1, -0.05) is 15.9 Å². The van der Waals surface area contributed by atoms with E-state index in [2.05, 4.69) is 20.7 Å². The molecule has 1 N–H and O–H groups in total. The van der Waals surface area contributed by atoms with Gasteiger partial charge in [0.05, 0.1) is 48.4 Å². The first-order valence-corrected chi connectivity index (χ1v) is 9.78. The normalized spacial score (nSPS) is 44.2. The Bertz CT molecular complexity index is 464. The third-order valence-electron chi connectivity index (χ3n) is 4.42. The maximum atomic E-state index is 11.4. The minimum Gasteiger partial charge on any atom is -0.466 e. The lowest BCUT2D eigenvalue weighted by Crippen LogP contribution is -2.39. The van der Waals surface area contributed by atoms with Gasteiger partial charge in [-0.05, 0) is 25.8 Å². The quantitative estimate of drug-likeness (QED) is 0.402. The van der Waals surface area contributed by atoms with E-state index in [1.807, 2.05) is 0 Å². The third kappa shape index (κ3) is 5.32. The van der Waals surface area contributed by atoms with Crippen LogP contribution in [-0.4, -0.2) is 64.3 Å². The molecular formula is C16H23BrCl2O5. The molecular weight excluding hydrogens is 423 g/mol. The number of aliphatic hydroxyl groups is 1. The molecule has 8 atom stereocenters. The Morgan fingerprint density at radius 3 is 2.58 bits per heavy atom. The van der Waals surface area contributed by atoms with E-state index < -0.39 is 29.7 Å². The van der Waals surface area contributed by atoms with Crippen molar-refractivity contribution >= 4 is 45.1 Å². The third-order valence-corrected chi connectivity index (χ3v) is 6.28. The first-order chi connectivity index (χ1) is 11.3. The van der Waals surface area contributed by atoms with Crippen LogP contribution in [-0.2, 0) is 19.0 Å². The number of methoxy groups -OCH3 is 1. The summed E-state index contributed by atoms with van der Waals surface area (Å²) in [5.74, 6) is -0.468. The van der Waals surface area contributed by atoms with Crippen molar-refractivity contribution in [3.8, 4) is 0 Å². The minimum atomic E-state index is -0.829. The van der Waals surface area contributed by atoms with Gasteiger partial charge in [0, 0.05) is 17.3 Å². The lowest BCUT2D eigenvalue weighted by Gasteiger charge is -2.28. The molecule has 5 nitrogen and oxygen atoms in total. The van der Waals surface area contributed by atoms with Gasteiger partial charge >= 0.3 is 5.97 Å². The fourth-order valence-electron chi connectivity index (χ4n) is 2.99. The number of fused-ring (bicyclic) bond motifs is 2. The molecule has 8 unspecified atom stereocenters. The molecule has 2 heterocycles. The van der Waals surface area contributed by atoms with Gasteiger partial charge in [0.1, 0.15) is 0 Å². The zero-order valence-corrected chi connectivity index (χ0v) is 16.7. The van der Waals surface area contributed by atoms with Crippen molar-refractivity contribution in [2.45, 2.75) is 72.3 Å². The van der Waals surface area contributed by atoms with Crippen LogP contribution >= 0.6 is 39.1 Å². The molecule has 2 rings (SSSR count). The van der Waals surface area contributed by atoms with Gasteiger partial charge in [-0.3, -0.25) is 0 Å². The van der Waals surface area contributed by atoms with Gasteiger partial charge in [-0.15, -0.1) is 23.2 Å². The van der Waals surface area contributed by atoms with Crippen molar-refractivity contribution in [1.82, 2.24) is 0 Å². The second kappa shape index (κ2) is 9.19. The number of alkyl halides is 3. The van der Waals surface area contributed by atoms with Gasteiger partial charge in [0.2, 0.25) is 0 Å². The summed E-state index contributed by atoms with van der Waals surface area (Å²) in [6, 6.07) is 0. The number of hydrogen-bond acceptors (Lipinski definition) is 5. The van der Waals surface area contributed by atoms with Crippen LogP contribution in [0.25, 0.3) is 0 Å². The number of carbonyl (C=O) groups excluding carboxylic acids is 1. The highest BCUT2D eigenvalue weighted by Crippen LogP contribution is 2.36. The summed E-state index contributed by atoms with van der Waals surface area (Å²) in [5.41, 5.74) is 0. The van der Waals surface area contributed by atoms with Crippen LogP contribution in [0, 0.1) is 0 Å². The first-order valence-electron chi connectivity index (χ1n) is 7.99. The molecule has 0 radical (unpaired) electrons. The van der Waals surface area contributed by atoms with Crippen molar-refractivity contribution in [3.63, 3.8) is 0 Å². The predicted molar refractivity (Wildman–Crippen MR) is 96.0 cm³/mol. The molecule has 2 fully saturated rings. The lowest BCUT2D eigenvalue weighted by molar-refractivity contribution is -0.135. The molecule has 0 aromatic rings. The Morgan fingerprint density at radius 1 is 1.21 bits per heavy atom. The molecule has 0 aromatic heterocycles. The fourth-order valence-corrected chi connectivity index (χ4v) is 4.69. The molecule has 0 saturated carbocycles. The molecule has 0 spiro atoms. The lowest BCUT2D eigenvalue weighted by atomic mass is 10.0. The summed E-state index contributed by atoms with van der Waals surface area (Å²) in [7, 11) is 1.31. The van der Waals surface area contributed by atoms with Crippen molar-refractivity contribution in [3.05, 3.63) is 12.2 Å². The molecule has 2 aliphatic heterocycles. The minimum absolute atomic E-state index is 0.00950. The number of ether oxygens (including phenoxy) is 3. The van der Waals surface area contributed by atoms with Crippen molar-refractivity contribution in [2.75, 3.05) is 7.11 Å². The van der Waals surface area contributed by atoms with E-state index in [1.165, 1.54) is 13.2 Å². The second-order valence-corrected chi connectivity index (χ2v) is 8.52. The van der Waals surface area contributed by atoms with E-state index in [0.29, 0.717) is 19.3 Å². The highest BCUT2D eigenvalue weighted by molar-refractivity contribution is 9.09. The standard InChI is InChI=1S/C16H23BrCl2O5/c1-8-16(21)12(19)6-10(17)13-7-11(18)14(24-13)5-9(23-8)3-4-15(20)22-2/h3-4,8-14,16,21H,5-7H2,1-2H3. The van der Waals surface area contributed by atoms with Crippen LogP contribution in [0.4, 0.5) is 0 Å². The van der Waals surface area contributed by atoms with Gasteiger partial charge in [-0.2, -0.15) is 0 Å². The average molecular weight is 446 g/mol. The molecule has 0 amide bonds. The van der Waals surface area contributed by atoms with E-state index in [1.54, 1.807) is 13.0 Å². The Balaban J connectivity index is 2.19. The number of carbonyl (C=O) groups is 1. The molecule has 0 aliphatic carbocycles. The number of halogens is 3. The first kappa shape index (κ1) is 20.5. The maximum Gasteiger partial charge on any atom is 0.330 e. The summed E-state index contributed by atoms with van der Waals surface area (Å²) in [4.78, 5) is 11.4. The predicted octanol–water partition coefficient (Wildman–Crippen LogP) is 2.78. The zero-order chi connectivity index (χ0) is 17.9. The SMILES string of the molecule is COC(=O)C=CC1CC2OC(CC2Cl)C(Br)CC(Cl)C(O)C(C)O1. The Kier molecular flexibility index (Phi) is 7.84. The topological polar surface area (TPSA) is 65.0 Å². The molecule has 8 heteroatoms. The monoisotopic (exact) mass is 444 g/mol. The molecule has 138 valence electrons. The smallest absolute Gasteiger partial charge is 0.330 e. The van der Waals surface area contributed by atoms with Crippen LogP contribution in [0.5, 0.6) is 0 Å². The fraction of sp³-hybridized carbons (Fsp3) is 0.812. The number of rotatable bonds is 2. The number of esters is 1. The van der Waals surface area contributed by atoms with Crippen LogP contribution < -0.4 is 0 Å². The molecule has 24 heavy (non-hydrogen) atoms. The Morgan fingerprint density at radius 2 is 1.92 bits per heavy atom. The molecule has 2 aliphatic rings.